The lowest BCUT2D eigenvalue weighted by Crippen LogP contribution is -2.57. The third kappa shape index (κ3) is 4.98. The first-order valence-corrected chi connectivity index (χ1v) is 15.6. The monoisotopic (exact) mass is 587 g/mol. The molecule has 2 aromatic rings. The van der Waals surface area contributed by atoms with Crippen molar-refractivity contribution in [3.8, 4) is 0 Å². The minimum absolute atomic E-state index is 0.0509. The fourth-order valence-electron chi connectivity index (χ4n) is 7.21. The Balaban J connectivity index is 1.55. The van der Waals surface area contributed by atoms with E-state index in [9.17, 15) is 19.5 Å². The van der Waals surface area contributed by atoms with Gasteiger partial charge in [-0.3, -0.25) is 14.4 Å². The normalized spacial score (nSPS) is 26.6. The van der Waals surface area contributed by atoms with Crippen LogP contribution in [0.1, 0.15) is 36.5 Å². The summed E-state index contributed by atoms with van der Waals surface area (Å²) in [4.78, 5) is 48.6. The highest BCUT2D eigenvalue weighted by molar-refractivity contribution is 8.02. The van der Waals surface area contributed by atoms with Crippen molar-refractivity contribution < 1.29 is 19.5 Å². The summed E-state index contributed by atoms with van der Waals surface area (Å²) in [6.45, 7) is 14.3. The van der Waals surface area contributed by atoms with Crippen LogP contribution in [-0.4, -0.2) is 74.4 Å². The van der Waals surface area contributed by atoms with E-state index in [1.807, 2.05) is 62.4 Å². The SMILES string of the molecule is C=CCN(Cc1ccccc1)C(=O)[C@@H]1[C@@H]2CCC3(S2)C(C(=O)N(CC=C)c2cc(C)ccc2C)N([C@H](C)CO)C(=O)[C@H]13. The van der Waals surface area contributed by atoms with Crippen molar-refractivity contribution in [3.05, 3.63) is 90.5 Å². The van der Waals surface area contributed by atoms with Crippen molar-refractivity contribution in [2.24, 2.45) is 11.8 Å². The molecule has 3 saturated heterocycles. The number of carbonyl (C=O) groups is 3. The van der Waals surface area contributed by atoms with Gasteiger partial charge in [-0.05, 0) is 56.4 Å². The number of carbonyl (C=O) groups excluding carboxylic acids is 3. The molecule has 1 N–H and O–H groups in total. The fraction of sp³-hybridized carbons (Fsp3) is 0.441. The first kappa shape index (κ1) is 30.1. The summed E-state index contributed by atoms with van der Waals surface area (Å²) in [7, 11) is 0. The Morgan fingerprint density at radius 3 is 2.50 bits per heavy atom. The summed E-state index contributed by atoms with van der Waals surface area (Å²) < 4.78 is -0.744. The van der Waals surface area contributed by atoms with E-state index < -0.39 is 28.7 Å². The van der Waals surface area contributed by atoms with Gasteiger partial charge in [0.2, 0.25) is 11.8 Å². The molecule has 3 heterocycles. The molecule has 1 spiro atoms. The van der Waals surface area contributed by atoms with Gasteiger partial charge < -0.3 is 19.8 Å². The maximum Gasteiger partial charge on any atom is 0.251 e. The number of fused-ring (bicyclic) bond motifs is 1. The molecule has 8 heteroatoms. The minimum atomic E-state index is -0.799. The molecule has 3 aliphatic rings. The van der Waals surface area contributed by atoms with Crippen molar-refractivity contribution in [1.82, 2.24) is 9.80 Å². The Hall–Kier alpha value is -3.36. The van der Waals surface area contributed by atoms with Gasteiger partial charge in [-0.2, -0.15) is 0 Å². The summed E-state index contributed by atoms with van der Waals surface area (Å²) in [5, 5.41) is 10.2. The average molecular weight is 588 g/mol. The van der Waals surface area contributed by atoms with Crippen molar-refractivity contribution in [1.29, 1.82) is 0 Å². The smallest absolute Gasteiger partial charge is 0.251 e. The van der Waals surface area contributed by atoms with Gasteiger partial charge >= 0.3 is 0 Å². The number of aliphatic hydroxyl groups excluding tert-OH is 1. The number of likely N-dealkylation sites (tertiary alicyclic amines) is 1. The highest BCUT2D eigenvalue weighted by Gasteiger charge is 2.74. The Labute approximate surface area is 253 Å². The van der Waals surface area contributed by atoms with Gasteiger partial charge in [-0.15, -0.1) is 24.9 Å². The van der Waals surface area contributed by atoms with E-state index in [2.05, 4.69) is 13.2 Å². The molecule has 0 saturated carbocycles. The van der Waals surface area contributed by atoms with Gasteiger partial charge in [0.1, 0.15) is 6.04 Å². The molecule has 42 heavy (non-hydrogen) atoms. The van der Waals surface area contributed by atoms with Crippen LogP contribution in [0.4, 0.5) is 5.69 Å². The number of anilines is 1. The average Bonchev–Trinajstić information content (AvgIpc) is 3.64. The van der Waals surface area contributed by atoms with Gasteiger partial charge in [-0.1, -0.05) is 54.6 Å². The second-order valence-corrected chi connectivity index (χ2v) is 13.5. The molecule has 7 nitrogen and oxygen atoms in total. The van der Waals surface area contributed by atoms with Gasteiger partial charge in [-0.25, -0.2) is 0 Å². The van der Waals surface area contributed by atoms with E-state index in [0.29, 0.717) is 19.5 Å². The van der Waals surface area contributed by atoms with Gasteiger partial charge in [0, 0.05) is 30.6 Å². The Bertz CT molecular complexity index is 1380. The molecule has 0 radical (unpaired) electrons. The molecule has 3 fully saturated rings. The zero-order chi connectivity index (χ0) is 30.2. The van der Waals surface area contributed by atoms with E-state index in [0.717, 1.165) is 28.8 Å². The van der Waals surface area contributed by atoms with Crippen molar-refractivity contribution in [2.45, 2.75) is 62.2 Å². The molecule has 222 valence electrons. The number of benzene rings is 2. The third-order valence-electron chi connectivity index (χ3n) is 9.11. The van der Waals surface area contributed by atoms with E-state index in [-0.39, 0.29) is 36.1 Å². The minimum Gasteiger partial charge on any atom is -0.394 e. The largest absolute Gasteiger partial charge is 0.394 e. The van der Waals surface area contributed by atoms with Gasteiger partial charge in [0.15, 0.2) is 0 Å². The summed E-state index contributed by atoms with van der Waals surface area (Å²) in [5.74, 6) is -1.64. The predicted octanol–water partition coefficient (Wildman–Crippen LogP) is 4.51. The van der Waals surface area contributed by atoms with Crippen LogP contribution in [-0.2, 0) is 20.9 Å². The highest BCUT2D eigenvalue weighted by Crippen LogP contribution is 2.67. The second-order valence-electron chi connectivity index (χ2n) is 11.9. The molecule has 0 aliphatic carbocycles. The van der Waals surface area contributed by atoms with Crippen LogP contribution in [0.5, 0.6) is 0 Å². The Morgan fingerprint density at radius 2 is 1.83 bits per heavy atom. The summed E-state index contributed by atoms with van der Waals surface area (Å²) in [6, 6.07) is 14.4. The van der Waals surface area contributed by atoms with E-state index in [1.165, 1.54) is 0 Å². The molecular weight excluding hydrogens is 546 g/mol. The van der Waals surface area contributed by atoms with Crippen molar-refractivity contribution >= 4 is 35.2 Å². The molecule has 2 bridgehead atoms. The first-order valence-electron chi connectivity index (χ1n) is 14.7. The van der Waals surface area contributed by atoms with Crippen LogP contribution in [0.3, 0.4) is 0 Å². The first-order chi connectivity index (χ1) is 20.2. The lowest BCUT2D eigenvalue weighted by Gasteiger charge is -2.39. The topological polar surface area (TPSA) is 81.2 Å². The Kier molecular flexibility index (Phi) is 8.67. The predicted molar refractivity (Wildman–Crippen MR) is 168 cm³/mol. The molecule has 3 aliphatic heterocycles. The number of amides is 3. The standard InChI is InChI=1S/C34H41N3O4S/c1-6-17-35(20-25-11-9-8-10-12-25)31(39)28-27-15-16-34(42-27)29(28)32(40)37(24(5)21-38)30(34)33(41)36(18-7-2)26-19-22(3)13-14-23(26)4/h6-14,19,24,27-30,38H,1-2,15-18,20-21H2,3-5H3/t24-,27+,28-,29+,30?,34?/m1/s1. The van der Waals surface area contributed by atoms with Gasteiger partial charge in [0.25, 0.3) is 5.91 Å². The van der Waals surface area contributed by atoms with Crippen LogP contribution >= 0.6 is 11.8 Å². The number of nitrogens with zero attached hydrogens (tertiary/aromatic N) is 3. The molecule has 2 unspecified atom stereocenters. The maximum atomic E-state index is 14.7. The molecule has 6 atom stereocenters. The molecule has 5 rings (SSSR count). The van der Waals surface area contributed by atoms with E-state index >= 15 is 0 Å². The lowest BCUT2D eigenvalue weighted by atomic mass is 9.70. The molecule has 2 aromatic carbocycles. The molecule has 0 aromatic heterocycles. The van der Waals surface area contributed by atoms with Crippen LogP contribution < -0.4 is 4.90 Å². The van der Waals surface area contributed by atoms with Gasteiger partial charge in [0.05, 0.1) is 29.2 Å². The molecule has 3 amide bonds. The van der Waals surface area contributed by atoms with Crippen LogP contribution in [0.15, 0.2) is 73.8 Å². The van der Waals surface area contributed by atoms with Crippen LogP contribution in [0.25, 0.3) is 0 Å². The summed E-state index contributed by atoms with van der Waals surface area (Å²) in [6.07, 6.45) is 4.85. The number of hydrogen-bond acceptors (Lipinski definition) is 5. The second kappa shape index (κ2) is 12.1. The molecular formula is C34H41N3O4S. The summed E-state index contributed by atoms with van der Waals surface area (Å²) >= 11 is 1.65. The van der Waals surface area contributed by atoms with Crippen molar-refractivity contribution in [2.75, 3.05) is 24.6 Å². The van der Waals surface area contributed by atoms with Crippen LogP contribution in [0, 0.1) is 25.7 Å². The van der Waals surface area contributed by atoms with Crippen LogP contribution in [0.2, 0.25) is 0 Å². The van der Waals surface area contributed by atoms with E-state index in [4.69, 9.17) is 0 Å². The zero-order valence-corrected chi connectivity index (χ0v) is 25.6. The maximum absolute atomic E-state index is 14.7. The van der Waals surface area contributed by atoms with E-state index in [1.54, 1.807) is 45.5 Å². The number of hydrogen-bond donors (Lipinski definition) is 1. The summed E-state index contributed by atoms with van der Waals surface area (Å²) in [5.41, 5.74) is 3.77. The van der Waals surface area contributed by atoms with Crippen molar-refractivity contribution in [3.63, 3.8) is 0 Å². The quantitative estimate of drug-likeness (QED) is 0.392. The number of thioether (sulfide) groups is 1. The fourth-order valence-corrected chi connectivity index (χ4v) is 9.40. The lowest BCUT2D eigenvalue weighted by molar-refractivity contribution is -0.145. The third-order valence-corrected chi connectivity index (χ3v) is 11.1. The number of rotatable bonds is 11. The zero-order valence-electron chi connectivity index (χ0n) is 24.7. The number of aliphatic hydroxyl groups is 1. The number of aryl methyl sites for hydroxylation is 2. The Morgan fingerprint density at radius 1 is 1.12 bits per heavy atom. The highest BCUT2D eigenvalue weighted by atomic mass is 32.2.